The van der Waals surface area contributed by atoms with Crippen LogP contribution in [0.5, 0.6) is 23.0 Å². The van der Waals surface area contributed by atoms with Gasteiger partial charge in [-0.1, -0.05) is 42.8 Å². The topological polar surface area (TPSA) is 62.2 Å². The van der Waals surface area contributed by atoms with Gasteiger partial charge in [0.2, 0.25) is 0 Å². The zero-order valence-electron chi connectivity index (χ0n) is 20.9. The normalized spacial score (nSPS) is 20.7. The molecule has 0 aliphatic carbocycles. The Balaban J connectivity index is 1.43. The Kier molecular flexibility index (Phi) is 6.87. The Labute approximate surface area is 217 Å². The van der Waals surface area contributed by atoms with Crippen molar-refractivity contribution in [1.82, 2.24) is 4.90 Å². The molecule has 3 aromatic rings. The van der Waals surface area contributed by atoms with Crippen molar-refractivity contribution in [3.63, 3.8) is 0 Å². The van der Waals surface area contributed by atoms with Gasteiger partial charge in [-0.3, -0.25) is 4.90 Å². The molecule has 2 aliphatic heterocycles. The van der Waals surface area contributed by atoms with Gasteiger partial charge in [0.05, 0.1) is 5.02 Å². The molecule has 6 heteroatoms. The van der Waals surface area contributed by atoms with Gasteiger partial charge >= 0.3 is 0 Å². The first-order valence-electron chi connectivity index (χ1n) is 12.5. The predicted octanol–water partition coefficient (Wildman–Crippen LogP) is 6.92. The number of hydrogen-bond acceptors (Lipinski definition) is 5. The molecule has 188 valence electrons. The molecule has 0 aromatic heterocycles. The van der Waals surface area contributed by atoms with E-state index in [1.54, 1.807) is 30.3 Å². The van der Waals surface area contributed by atoms with Gasteiger partial charge in [0.1, 0.15) is 35.7 Å². The highest BCUT2D eigenvalue weighted by atomic mass is 35.5. The summed E-state index contributed by atoms with van der Waals surface area (Å²) in [5.74, 6) is 2.43. The zero-order valence-corrected chi connectivity index (χ0v) is 21.6. The molecule has 2 heterocycles. The fraction of sp³-hybridized carbons (Fsp3) is 0.333. The summed E-state index contributed by atoms with van der Waals surface area (Å²) < 4.78 is 12.6. The lowest BCUT2D eigenvalue weighted by atomic mass is 9.86. The van der Waals surface area contributed by atoms with E-state index in [9.17, 15) is 10.2 Å². The first kappa shape index (κ1) is 24.5. The number of halogens is 1. The maximum atomic E-state index is 10.3. The van der Waals surface area contributed by atoms with Crippen LogP contribution in [0.4, 0.5) is 0 Å². The maximum absolute atomic E-state index is 10.3. The van der Waals surface area contributed by atoms with E-state index < -0.39 is 6.10 Å². The molecule has 2 aliphatic rings. The van der Waals surface area contributed by atoms with Crippen LogP contribution >= 0.6 is 11.6 Å². The lowest BCUT2D eigenvalue weighted by Gasteiger charge is -2.31. The number of fused-ring (bicyclic) bond motifs is 1. The number of aromatic hydroxyl groups is 2. The highest BCUT2D eigenvalue weighted by Gasteiger charge is 2.31. The van der Waals surface area contributed by atoms with Gasteiger partial charge in [-0.25, -0.2) is 0 Å². The molecule has 0 spiro atoms. The van der Waals surface area contributed by atoms with Gasteiger partial charge in [-0.15, -0.1) is 0 Å². The van der Waals surface area contributed by atoms with Crippen LogP contribution in [0.15, 0.2) is 60.7 Å². The lowest BCUT2D eigenvalue weighted by molar-refractivity contribution is 0.169. The number of likely N-dealkylation sites (tertiary alicyclic amines) is 1. The Hall–Kier alpha value is -3.15. The van der Waals surface area contributed by atoms with Gasteiger partial charge in [0.15, 0.2) is 0 Å². The predicted molar refractivity (Wildman–Crippen MR) is 144 cm³/mol. The number of phenolic OH excluding ortho intramolecular Hbond substituents is 2. The van der Waals surface area contributed by atoms with Gasteiger partial charge < -0.3 is 19.7 Å². The molecule has 5 nitrogen and oxygen atoms in total. The van der Waals surface area contributed by atoms with E-state index in [0.717, 1.165) is 47.0 Å². The molecule has 5 rings (SSSR count). The Morgan fingerprint density at radius 2 is 1.86 bits per heavy atom. The molecule has 3 unspecified atom stereocenters. The molecule has 1 fully saturated rings. The average Bonchev–Trinajstić information content (AvgIpc) is 3.31. The minimum absolute atomic E-state index is 0.0141. The molecule has 0 bridgehead atoms. The second kappa shape index (κ2) is 10.1. The third-order valence-corrected chi connectivity index (χ3v) is 7.70. The summed E-state index contributed by atoms with van der Waals surface area (Å²) in [6.45, 7) is 9.42. The van der Waals surface area contributed by atoms with Crippen molar-refractivity contribution in [3.05, 3.63) is 82.4 Å². The molecule has 1 saturated heterocycles. The summed E-state index contributed by atoms with van der Waals surface area (Å²) in [5, 5.41) is 20.6. The van der Waals surface area contributed by atoms with Crippen LogP contribution in [0.3, 0.4) is 0 Å². The largest absolute Gasteiger partial charge is 0.508 e. The fourth-order valence-corrected chi connectivity index (χ4v) is 5.41. The summed E-state index contributed by atoms with van der Waals surface area (Å²) in [4.78, 5) is 2.49. The van der Waals surface area contributed by atoms with Crippen LogP contribution in [-0.4, -0.2) is 40.9 Å². The van der Waals surface area contributed by atoms with Crippen molar-refractivity contribution in [1.29, 1.82) is 0 Å². The lowest BCUT2D eigenvalue weighted by Crippen LogP contribution is -2.35. The van der Waals surface area contributed by atoms with E-state index >= 15 is 0 Å². The molecular weight excluding hydrogens is 474 g/mol. The Morgan fingerprint density at radius 3 is 2.58 bits per heavy atom. The molecule has 2 N–H and O–H groups in total. The van der Waals surface area contributed by atoms with Crippen molar-refractivity contribution in [2.24, 2.45) is 5.92 Å². The van der Waals surface area contributed by atoms with Crippen LogP contribution in [0, 0.1) is 5.92 Å². The van der Waals surface area contributed by atoms with Crippen LogP contribution in [0.2, 0.25) is 5.02 Å². The third-order valence-electron chi connectivity index (χ3n) is 7.30. The van der Waals surface area contributed by atoms with Gasteiger partial charge in [-0.05, 0) is 80.3 Å². The maximum Gasteiger partial charge on any atom is 0.150 e. The number of ether oxygens (including phenoxy) is 2. The van der Waals surface area contributed by atoms with Crippen LogP contribution in [-0.2, 0) is 0 Å². The molecule has 3 atom stereocenters. The minimum Gasteiger partial charge on any atom is -0.508 e. The van der Waals surface area contributed by atoms with Crippen molar-refractivity contribution in [2.45, 2.75) is 39.3 Å². The Morgan fingerprint density at radius 1 is 1.08 bits per heavy atom. The van der Waals surface area contributed by atoms with Gasteiger partial charge in [-0.2, -0.15) is 0 Å². The number of allylic oxidation sites excluding steroid dienone is 1. The van der Waals surface area contributed by atoms with E-state index in [4.69, 9.17) is 21.1 Å². The minimum atomic E-state index is -0.444. The SMILES string of the molecule is CC1=C(c2cccc(O)c2Cl)C(c2ccc(OCC(C)N3CCC(C)C3)cc2)Oc2ccc(O)cc21. The van der Waals surface area contributed by atoms with E-state index in [1.807, 2.05) is 37.3 Å². The van der Waals surface area contributed by atoms with E-state index in [0.29, 0.717) is 24.0 Å². The molecule has 0 amide bonds. The fourth-order valence-electron chi connectivity index (χ4n) is 5.18. The van der Waals surface area contributed by atoms with E-state index in [-0.39, 0.29) is 16.5 Å². The van der Waals surface area contributed by atoms with Gasteiger partial charge in [0, 0.05) is 29.3 Å². The smallest absolute Gasteiger partial charge is 0.150 e. The first-order chi connectivity index (χ1) is 17.3. The van der Waals surface area contributed by atoms with Crippen LogP contribution in [0.1, 0.15) is 50.0 Å². The molecule has 36 heavy (non-hydrogen) atoms. The van der Waals surface area contributed by atoms with Crippen molar-refractivity contribution >= 4 is 22.7 Å². The number of rotatable bonds is 6. The van der Waals surface area contributed by atoms with Crippen molar-refractivity contribution < 1.29 is 19.7 Å². The van der Waals surface area contributed by atoms with Gasteiger partial charge in [0.25, 0.3) is 0 Å². The standard InChI is InChI=1S/C30H32ClNO4/c1-18-13-14-32(16-18)19(2)17-35-23-10-7-21(8-11-23)30-28(24-5-4-6-26(34)29(24)31)20(3)25-15-22(33)9-12-27(25)36-30/h4-12,15,18-19,30,33-34H,13-14,16-17H2,1-3H3. The summed E-state index contributed by atoms with van der Waals surface area (Å²) in [6.07, 6.45) is 0.808. The quantitative estimate of drug-likeness (QED) is 0.380. The van der Waals surface area contributed by atoms with E-state index in [1.165, 1.54) is 6.42 Å². The number of nitrogens with zero attached hydrogens (tertiary/aromatic N) is 1. The van der Waals surface area contributed by atoms with E-state index in [2.05, 4.69) is 18.7 Å². The molecule has 0 radical (unpaired) electrons. The monoisotopic (exact) mass is 505 g/mol. The van der Waals surface area contributed by atoms with Crippen molar-refractivity contribution in [3.8, 4) is 23.0 Å². The summed E-state index contributed by atoms with van der Waals surface area (Å²) >= 11 is 6.55. The Bertz CT molecular complexity index is 1290. The summed E-state index contributed by atoms with van der Waals surface area (Å²) in [6, 6.07) is 18.6. The second-order valence-corrected chi connectivity index (χ2v) is 10.4. The highest BCUT2D eigenvalue weighted by Crippen LogP contribution is 2.49. The molecule has 3 aromatic carbocycles. The average molecular weight is 506 g/mol. The summed E-state index contributed by atoms with van der Waals surface area (Å²) in [5.41, 5.74) is 4.21. The number of benzene rings is 3. The second-order valence-electron chi connectivity index (χ2n) is 9.97. The number of phenols is 2. The number of hydrogen-bond donors (Lipinski definition) is 2. The van der Waals surface area contributed by atoms with Crippen LogP contribution in [0.25, 0.3) is 11.1 Å². The third kappa shape index (κ3) is 4.78. The van der Waals surface area contributed by atoms with Crippen LogP contribution < -0.4 is 9.47 Å². The summed E-state index contributed by atoms with van der Waals surface area (Å²) in [7, 11) is 0. The van der Waals surface area contributed by atoms with Crippen molar-refractivity contribution in [2.75, 3.05) is 19.7 Å². The molecule has 0 saturated carbocycles. The first-order valence-corrected chi connectivity index (χ1v) is 12.8. The molecular formula is C30H32ClNO4. The zero-order chi connectivity index (χ0) is 25.4. The highest BCUT2D eigenvalue weighted by molar-refractivity contribution is 6.34.